The van der Waals surface area contributed by atoms with Crippen LogP contribution in [-0.4, -0.2) is 68.0 Å². The Morgan fingerprint density at radius 1 is 1.21 bits per heavy atom. The first-order chi connectivity index (χ1) is 18.3. The molecule has 2 aliphatic rings. The molecule has 2 atom stereocenters. The van der Waals surface area contributed by atoms with E-state index in [9.17, 15) is 4.79 Å². The van der Waals surface area contributed by atoms with Gasteiger partial charge in [0.05, 0.1) is 13.0 Å². The number of carbonyl (C=O) groups is 1. The molecule has 0 radical (unpaired) electrons. The lowest BCUT2D eigenvalue weighted by molar-refractivity contribution is -0.155. The lowest BCUT2D eigenvalue weighted by Crippen LogP contribution is -2.30. The normalized spacial score (nSPS) is 18.5. The summed E-state index contributed by atoms with van der Waals surface area (Å²) in [5.41, 5.74) is 3.15. The number of esters is 1. The molecule has 7 heteroatoms. The van der Waals surface area contributed by atoms with Crippen LogP contribution in [0.4, 0.5) is 5.82 Å². The van der Waals surface area contributed by atoms with Crippen LogP contribution in [0.5, 0.6) is 5.75 Å². The Balaban J connectivity index is 1.36. The minimum atomic E-state index is -0.494. The summed E-state index contributed by atoms with van der Waals surface area (Å²) >= 11 is 0. The molecule has 1 aromatic carbocycles. The quantitative estimate of drug-likeness (QED) is 0.301. The molecule has 3 heterocycles. The Morgan fingerprint density at radius 2 is 2.08 bits per heavy atom. The highest BCUT2D eigenvalue weighted by molar-refractivity contribution is 5.71. The van der Waals surface area contributed by atoms with Crippen molar-refractivity contribution in [2.24, 2.45) is 5.92 Å². The number of aromatic nitrogens is 1. The maximum Gasteiger partial charge on any atom is 0.306 e. The molecule has 2 aliphatic heterocycles. The highest BCUT2D eigenvalue weighted by Gasteiger charge is 2.28. The van der Waals surface area contributed by atoms with E-state index in [1.807, 2.05) is 32.9 Å². The predicted octanol–water partition coefficient (Wildman–Crippen LogP) is 5.24. The van der Waals surface area contributed by atoms with Gasteiger partial charge in [0.1, 0.15) is 23.8 Å². The topological polar surface area (TPSA) is 72.9 Å². The zero-order valence-electron chi connectivity index (χ0n) is 23.6. The number of anilines is 1. The van der Waals surface area contributed by atoms with Crippen LogP contribution in [0.3, 0.4) is 0 Å². The number of nitrogens with one attached hydrogen (secondary N) is 1. The third kappa shape index (κ3) is 8.70. The average Bonchev–Trinajstić information content (AvgIpc) is 3.33. The molecule has 0 aliphatic carbocycles. The largest absolute Gasteiger partial charge is 0.491 e. The number of fused-ring (bicyclic) bond motifs is 1. The maximum atomic E-state index is 12.8. The molecule has 0 saturated carbocycles. The Kier molecular flexibility index (Phi) is 10.0. The molecule has 0 amide bonds. The summed E-state index contributed by atoms with van der Waals surface area (Å²) in [6, 6.07) is 12.6. The molecule has 1 saturated heterocycles. The van der Waals surface area contributed by atoms with E-state index in [4.69, 9.17) is 19.2 Å². The predicted molar refractivity (Wildman–Crippen MR) is 151 cm³/mol. The molecule has 1 N–H and O–H groups in total. The van der Waals surface area contributed by atoms with E-state index >= 15 is 0 Å². The molecule has 1 fully saturated rings. The first-order valence-corrected chi connectivity index (χ1v) is 14.2. The SMILES string of the molecule is COCCOc1cccc([C@@H](CC(=O)OC(C)(C)C)CN2CC[C@@H](CCc3ccc4c(n3)NCCC4)C2)c1. The van der Waals surface area contributed by atoms with Gasteiger partial charge in [0.2, 0.25) is 0 Å². The fraction of sp³-hybridized carbons (Fsp3) is 0.613. The monoisotopic (exact) mass is 523 g/mol. The summed E-state index contributed by atoms with van der Waals surface area (Å²) in [7, 11) is 1.67. The molecule has 0 bridgehead atoms. The van der Waals surface area contributed by atoms with Gasteiger partial charge in [-0.15, -0.1) is 0 Å². The van der Waals surface area contributed by atoms with Gasteiger partial charge in [-0.05, 0) is 94.7 Å². The summed E-state index contributed by atoms with van der Waals surface area (Å²) < 4.78 is 16.7. The molecular weight excluding hydrogens is 478 g/mol. The van der Waals surface area contributed by atoms with Crippen LogP contribution in [-0.2, 0) is 27.1 Å². The second-order valence-electron chi connectivity index (χ2n) is 11.7. The highest BCUT2D eigenvalue weighted by atomic mass is 16.6. The summed E-state index contributed by atoms with van der Waals surface area (Å²) in [6.07, 6.45) is 6.00. The van der Waals surface area contributed by atoms with Gasteiger partial charge in [-0.2, -0.15) is 0 Å². The fourth-order valence-electron chi connectivity index (χ4n) is 5.46. The Hall–Kier alpha value is -2.64. The zero-order chi connectivity index (χ0) is 27.0. The fourth-order valence-corrected chi connectivity index (χ4v) is 5.46. The third-order valence-corrected chi connectivity index (χ3v) is 7.33. The van der Waals surface area contributed by atoms with Crippen LogP contribution in [0.15, 0.2) is 36.4 Å². The van der Waals surface area contributed by atoms with Crippen molar-refractivity contribution < 1.29 is 19.0 Å². The smallest absolute Gasteiger partial charge is 0.306 e. The van der Waals surface area contributed by atoms with Gasteiger partial charge in [-0.1, -0.05) is 18.2 Å². The number of methoxy groups -OCH3 is 1. The van der Waals surface area contributed by atoms with Gasteiger partial charge < -0.3 is 24.4 Å². The number of hydrogen-bond acceptors (Lipinski definition) is 7. The van der Waals surface area contributed by atoms with Crippen molar-refractivity contribution in [3.05, 3.63) is 53.2 Å². The van der Waals surface area contributed by atoms with Crippen molar-refractivity contribution >= 4 is 11.8 Å². The van der Waals surface area contributed by atoms with E-state index in [1.165, 1.54) is 24.1 Å². The van der Waals surface area contributed by atoms with Crippen molar-refractivity contribution in [1.29, 1.82) is 0 Å². The van der Waals surface area contributed by atoms with Crippen LogP contribution in [0.2, 0.25) is 0 Å². The van der Waals surface area contributed by atoms with Gasteiger partial charge >= 0.3 is 5.97 Å². The number of benzene rings is 1. The molecule has 0 unspecified atom stereocenters. The first-order valence-electron chi connectivity index (χ1n) is 14.2. The van der Waals surface area contributed by atoms with Crippen LogP contribution in [0.25, 0.3) is 0 Å². The number of hydrogen-bond donors (Lipinski definition) is 1. The molecule has 4 rings (SSSR count). The first kappa shape index (κ1) is 28.4. The van der Waals surface area contributed by atoms with Crippen molar-refractivity contribution in [3.63, 3.8) is 0 Å². The van der Waals surface area contributed by atoms with E-state index in [0.717, 1.165) is 62.6 Å². The summed E-state index contributed by atoms with van der Waals surface area (Å²) in [6.45, 7) is 10.8. The molecule has 2 aromatic rings. The average molecular weight is 524 g/mol. The lowest BCUT2D eigenvalue weighted by atomic mass is 9.94. The van der Waals surface area contributed by atoms with Crippen molar-refractivity contribution in [1.82, 2.24) is 9.88 Å². The Bertz CT molecular complexity index is 1050. The van der Waals surface area contributed by atoms with Crippen molar-refractivity contribution in [2.75, 3.05) is 51.8 Å². The Morgan fingerprint density at radius 3 is 2.89 bits per heavy atom. The van der Waals surface area contributed by atoms with Crippen LogP contribution in [0, 0.1) is 5.92 Å². The van der Waals surface area contributed by atoms with Crippen LogP contribution < -0.4 is 10.1 Å². The molecule has 1 aromatic heterocycles. The molecule has 0 spiro atoms. The molecule has 7 nitrogen and oxygen atoms in total. The maximum absolute atomic E-state index is 12.8. The van der Waals surface area contributed by atoms with Gasteiger partial charge in [0.15, 0.2) is 0 Å². The van der Waals surface area contributed by atoms with Gasteiger partial charge in [0.25, 0.3) is 0 Å². The number of carbonyl (C=O) groups excluding carboxylic acids is 1. The highest BCUT2D eigenvalue weighted by Crippen LogP contribution is 2.30. The van der Waals surface area contributed by atoms with E-state index in [-0.39, 0.29) is 11.9 Å². The summed E-state index contributed by atoms with van der Waals surface area (Å²) in [5, 5.41) is 3.45. The van der Waals surface area contributed by atoms with E-state index in [1.54, 1.807) is 7.11 Å². The zero-order valence-corrected chi connectivity index (χ0v) is 23.6. The Labute approximate surface area is 228 Å². The van der Waals surface area contributed by atoms with Crippen molar-refractivity contribution in [3.8, 4) is 5.75 Å². The van der Waals surface area contributed by atoms with Crippen LogP contribution >= 0.6 is 0 Å². The van der Waals surface area contributed by atoms with Gasteiger partial charge in [-0.25, -0.2) is 4.98 Å². The number of ether oxygens (including phenoxy) is 3. The van der Waals surface area contributed by atoms with E-state index in [0.29, 0.717) is 25.6 Å². The number of nitrogens with zero attached hydrogens (tertiary/aromatic N) is 2. The van der Waals surface area contributed by atoms with Gasteiger partial charge in [-0.3, -0.25) is 4.79 Å². The minimum absolute atomic E-state index is 0.0444. The minimum Gasteiger partial charge on any atom is -0.491 e. The second kappa shape index (κ2) is 13.4. The number of aryl methyl sites for hydroxylation is 2. The molecular formula is C31H45N3O4. The summed E-state index contributed by atoms with van der Waals surface area (Å²) in [5.74, 6) is 2.42. The van der Waals surface area contributed by atoms with Gasteiger partial charge in [0, 0.05) is 38.4 Å². The second-order valence-corrected chi connectivity index (χ2v) is 11.7. The standard InChI is InChI=1S/C31H45N3O4/c1-31(2,3)38-29(35)20-26(25-7-5-9-28(19-25)37-18-17-36-4)22-34-16-14-23(21-34)10-12-27-13-11-24-8-6-15-32-30(24)33-27/h5,7,9,11,13,19,23,26H,6,8,10,12,14-18,20-22H2,1-4H3,(H,32,33)/t23-,26+/m1/s1. The summed E-state index contributed by atoms with van der Waals surface area (Å²) in [4.78, 5) is 20.2. The lowest BCUT2D eigenvalue weighted by Gasteiger charge is -2.26. The van der Waals surface area contributed by atoms with Crippen molar-refractivity contribution in [2.45, 2.75) is 70.8 Å². The van der Waals surface area contributed by atoms with E-state index < -0.39 is 5.60 Å². The molecule has 38 heavy (non-hydrogen) atoms. The number of likely N-dealkylation sites (tertiary alicyclic amines) is 1. The number of pyridine rings is 1. The number of rotatable bonds is 12. The third-order valence-electron chi connectivity index (χ3n) is 7.33. The van der Waals surface area contributed by atoms with E-state index in [2.05, 4.69) is 34.5 Å². The molecule has 208 valence electrons. The van der Waals surface area contributed by atoms with Crippen LogP contribution in [0.1, 0.15) is 69.2 Å².